The largest absolute Gasteiger partial charge is 0.298 e. The summed E-state index contributed by atoms with van der Waals surface area (Å²) < 4.78 is 0.912. The highest BCUT2D eigenvalue weighted by Gasteiger charge is 2.35. The number of thioether (sulfide) groups is 1. The molecular formula is C19H19BrN4OS2. The van der Waals surface area contributed by atoms with Crippen LogP contribution >= 0.6 is 39.0 Å². The van der Waals surface area contributed by atoms with Gasteiger partial charge in [0.1, 0.15) is 5.70 Å². The lowest BCUT2D eigenvalue weighted by molar-refractivity contribution is -0.116. The topological polar surface area (TPSA) is 57.1 Å². The van der Waals surface area contributed by atoms with Gasteiger partial charge in [0.25, 0.3) is 5.91 Å². The Morgan fingerprint density at radius 2 is 2.22 bits per heavy atom. The van der Waals surface area contributed by atoms with Gasteiger partial charge in [-0.15, -0.1) is 16.4 Å². The van der Waals surface area contributed by atoms with Crippen LogP contribution in [-0.2, 0) is 4.79 Å². The minimum atomic E-state index is -0.318. The van der Waals surface area contributed by atoms with Crippen LogP contribution < -0.4 is 15.9 Å². The number of hydrogen-bond donors (Lipinski definition) is 1. The lowest BCUT2D eigenvalue weighted by atomic mass is 10.1. The van der Waals surface area contributed by atoms with E-state index in [-0.39, 0.29) is 12.1 Å². The highest BCUT2D eigenvalue weighted by molar-refractivity contribution is 9.10. The Hall–Kier alpha value is -1.64. The number of fused-ring (bicyclic) bond motifs is 2. The van der Waals surface area contributed by atoms with Crippen LogP contribution in [0.3, 0.4) is 0 Å². The Kier molecular flexibility index (Phi) is 5.39. The van der Waals surface area contributed by atoms with Crippen molar-refractivity contribution in [3.63, 3.8) is 0 Å². The normalized spacial score (nSPS) is 18.4. The summed E-state index contributed by atoms with van der Waals surface area (Å²) in [5.74, 6) is 0.804. The van der Waals surface area contributed by atoms with Crippen molar-refractivity contribution in [2.45, 2.75) is 32.9 Å². The van der Waals surface area contributed by atoms with E-state index >= 15 is 0 Å². The van der Waals surface area contributed by atoms with E-state index in [0.717, 1.165) is 44.1 Å². The van der Waals surface area contributed by atoms with E-state index in [2.05, 4.69) is 46.5 Å². The monoisotopic (exact) mass is 462 g/mol. The number of carbonyl (C=O) groups excluding carboxylic acids is 1. The Labute approximate surface area is 174 Å². The van der Waals surface area contributed by atoms with Crippen LogP contribution in [0.2, 0.25) is 0 Å². The highest BCUT2D eigenvalue weighted by atomic mass is 79.9. The molecule has 1 N–H and O–H groups in total. The SMILES string of the molecule is CCCCSC1=NN2C(=c3cc(Br)ccc3=N[C@H]2c2sccc2C)C(=O)N1. The second-order valence-corrected chi connectivity index (χ2v) is 9.33. The van der Waals surface area contributed by atoms with Gasteiger partial charge in [-0.05, 0) is 48.6 Å². The van der Waals surface area contributed by atoms with Crippen LogP contribution in [0.25, 0.3) is 5.70 Å². The average Bonchev–Trinajstić information content (AvgIpc) is 3.07. The van der Waals surface area contributed by atoms with Crippen LogP contribution in [-0.4, -0.2) is 21.8 Å². The van der Waals surface area contributed by atoms with Crippen molar-refractivity contribution in [1.82, 2.24) is 10.3 Å². The Balaban J connectivity index is 1.87. The summed E-state index contributed by atoms with van der Waals surface area (Å²) in [4.78, 5) is 19.1. The molecule has 0 unspecified atom stereocenters. The van der Waals surface area contributed by atoms with Crippen LogP contribution in [0.15, 0.2) is 44.2 Å². The molecule has 2 aliphatic heterocycles. The molecule has 1 aromatic carbocycles. The fourth-order valence-corrected chi connectivity index (χ4v) is 5.29. The van der Waals surface area contributed by atoms with E-state index in [1.54, 1.807) is 28.1 Å². The number of amides is 1. The predicted molar refractivity (Wildman–Crippen MR) is 115 cm³/mol. The third kappa shape index (κ3) is 3.58. The van der Waals surface area contributed by atoms with Crippen LogP contribution in [0.1, 0.15) is 36.4 Å². The standard InChI is InChI=1S/C19H19BrN4OS2/c1-3-4-8-27-19-22-18(25)15-13-10-12(20)5-6-14(13)21-17(24(15)23-19)16-11(2)7-9-26-16/h5-7,9-10,17H,3-4,8H2,1-2H3,(H,22,23,25)/t17-/m1/s1. The molecule has 140 valence electrons. The summed E-state index contributed by atoms with van der Waals surface area (Å²) in [7, 11) is 0. The molecule has 2 aromatic rings. The van der Waals surface area contributed by atoms with Crippen molar-refractivity contribution in [2.75, 3.05) is 5.75 Å². The number of nitrogens with one attached hydrogen (secondary N) is 1. The number of amidine groups is 1. The lowest BCUT2D eigenvalue weighted by Gasteiger charge is -2.33. The number of rotatable bonds is 4. The molecule has 27 heavy (non-hydrogen) atoms. The zero-order chi connectivity index (χ0) is 19.0. The highest BCUT2D eigenvalue weighted by Crippen LogP contribution is 2.35. The molecule has 1 atom stereocenters. The van der Waals surface area contributed by atoms with Gasteiger partial charge in [0, 0.05) is 15.4 Å². The Bertz CT molecular complexity index is 1050. The summed E-state index contributed by atoms with van der Waals surface area (Å²) in [6, 6.07) is 7.91. The number of thiophene rings is 1. The molecule has 1 aromatic heterocycles. The maximum atomic E-state index is 13.0. The van der Waals surface area contributed by atoms with Gasteiger partial charge in [0.05, 0.1) is 10.2 Å². The van der Waals surface area contributed by atoms with Crippen molar-refractivity contribution in [3.8, 4) is 0 Å². The molecule has 1 amide bonds. The molecule has 0 saturated carbocycles. The van der Waals surface area contributed by atoms with Crippen molar-refractivity contribution in [1.29, 1.82) is 0 Å². The van der Waals surface area contributed by atoms with Crippen molar-refractivity contribution in [2.24, 2.45) is 10.1 Å². The summed E-state index contributed by atoms with van der Waals surface area (Å²) in [5.41, 5.74) is 1.72. The zero-order valence-electron chi connectivity index (χ0n) is 15.0. The van der Waals surface area contributed by atoms with E-state index in [9.17, 15) is 4.79 Å². The molecule has 3 heterocycles. The van der Waals surface area contributed by atoms with E-state index in [1.165, 1.54) is 0 Å². The summed E-state index contributed by atoms with van der Waals surface area (Å²) in [6.07, 6.45) is 1.88. The van der Waals surface area contributed by atoms with E-state index in [4.69, 9.17) is 10.1 Å². The fraction of sp³-hybridized carbons (Fsp3) is 0.316. The molecular weight excluding hydrogens is 444 g/mol. The number of halogens is 1. The fourth-order valence-electron chi connectivity index (χ4n) is 3.05. The van der Waals surface area contributed by atoms with E-state index in [0.29, 0.717) is 10.9 Å². The van der Waals surface area contributed by atoms with Gasteiger partial charge in [-0.1, -0.05) is 41.0 Å². The maximum Gasteiger partial charge on any atom is 0.276 e. The van der Waals surface area contributed by atoms with Gasteiger partial charge >= 0.3 is 0 Å². The molecule has 0 fully saturated rings. The second-order valence-electron chi connectivity index (χ2n) is 6.39. The molecule has 8 heteroatoms. The summed E-state index contributed by atoms with van der Waals surface area (Å²) >= 11 is 6.74. The van der Waals surface area contributed by atoms with Crippen LogP contribution in [0, 0.1) is 6.92 Å². The van der Waals surface area contributed by atoms with Gasteiger partial charge < -0.3 is 0 Å². The zero-order valence-corrected chi connectivity index (χ0v) is 18.2. The number of hydrazone groups is 1. The molecule has 0 radical (unpaired) electrons. The van der Waals surface area contributed by atoms with Gasteiger partial charge in [0.15, 0.2) is 11.3 Å². The molecule has 0 saturated heterocycles. The minimum Gasteiger partial charge on any atom is -0.298 e. The number of nitrogens with zero attached hydrogens (tertiary/aromatic N) is 3. The van der Waals surface area contributed by atoms with Crippen LogP contribution in [0.4, 0.5) is 0 Å². The molecule has 5 nitrogen and oxygen atoms in total. The maximum absolute atomic E-state index is 13.0. The lowest BCUT2D eigenvalue weighted by Crippen LogP contribution is -2.50. The third-order valence-electron chi connectivity index (χ3n) is 4.44. The summed E-state index contributed by atoms with van der Waals surface area (Å²) in [5, 5.41) is 13.8. The Morgan fingerprint density at radius 3 is 2.96 bits per heavy atom. The van der Waals surface area contributed by atoms with E-state index in [1.807, 2.05) is 18.2 Å². The number of aryl methyl sites for hydroxylation is 1. The number of carbonyl (C=O) groups is 1. The molecule has 0 spiro atoms. The molecule has 0 bridgehead atoms. The van der Waals surface area contributed by atoms with Crippen molar-refractivity contribution >= 4 is 55.8 Å². The second kappa shape index (κ2) is 7.77. The van der Waals surface area contributed by atoms with Gasteiger partial charge in [-0.3, -0.25) is 15.1 Å². The van der Waals surface area contributed by atoms with Crippen LogP contribution in [0.5, 0.6) is 0 Å². The number of benzene rings is 1. The molecule has 2 aliphatic rings. The quantitative estimate of drug-likeness (QED) is 0.707. The average molecular weight is 463 g/mol. The first-order valence-corrected chi connectivity index (χ1v) is 11.5. The summed E-state index contributed by atoms with van der Waals surface area (Å²) in [6.45, 7) is 4.23. The molecule has 4 rings (SSSR count). The predicted octanol–water partition coefficient (Wildman–Crippen LogP) is 3.50. The first-order valence-electron chi connectivity index (χ1n) is 8.82. The molecule has 0 aliphatic carbocycles. The first-order chi connectivity index (χ1) is 13.1. The smallest absolute Gasteiger partial charge is 0.276 e. The van der Waals surface area contributed by atoms with Crippen molar-refractivity contribution in [3.05, 3.63) is 55.1 Å². The third-order valence-corrected chi connectivity index (χ3v) is 6.94. The van der Waals surface area contributed by atoms with Gasteiger partial charge in [-0.25, -0.2) is 5.01 Å². The Morgan fingerprint density at radius 1 is 1.37 bits per heavy atom. The van der Waals surface area contributed by atoms with Gasteiger partial charge in [0.2, 0.25) is 0 Å². The minimum absolute atomic E-state index is 0.127. The van der Waals surface area contributed by atoms with E-state index < -0.39 is 0 Å². The first kappa shape index (κ1) is 18.7. The number of hydrogen-bond acceptors (Lipinski definition) is 6. The van der Waals surface area contributed by atoms with Crippen molar-refractivity contribution < 1.29 is 4.79 Å². The number of unbranched alkanes of at least 4 members (excludes halogenated alkanes) is 1. The van der Waals surface area contributed by atoms with Gasteiger partial charge in [-0.2, -0.15) is 0 Å².